The molecule has 2 heterocycles. The number of rotatable bonds is 4. The molecule has 1 atom stereocenters. The molecule has 0 aliphatic carbocycles. The molecule has 0 bridgehead atoms. The third-order valence-corrected chi connectivity index (χ3v) is 6.09. The lowest BCUT2D eigenvalue weighted by Gasteiger charge is -2.40. The van der Waals surface area contributed by atoms with Crippen LogP contribution in [-0.2, 0) is 6.54 Å². The molecule has 21 heavy (non-hydrogen) atoms. The zero-order chi connectivity index (χ0) is 14.7. The number of hydrogen-bond donors (Lipinski definition) is 0. The maximum absolute atomic E-state index is 5.57. The van der Waals surface area contributed by atoms with Crippen LogP contribution in [0.5, 0.6) is 0 Å². The standard InChI is InChI=1S/C16H18N2S3/c1-13(14-6-3-2-4-7-14)18-11-17(12-21-16(18)19)10-15-8-5-9-20-15/h2-9,13H,10-12H2,1H3. The summed E-state index contributed by atoms with van der Waals surface area (Å²) < 4.78 is 1.01. The molecule has 2 aromatic rings. The van der Waals surface area contributed by atoms with Crippen molar-refractivity contribution in [2.75, 3.05) is 12.5 Å². The first-order chi connectivity index (χ1) is 10.2. The molecule has 2 nitrogen and oxygen atoms in total. The number of nitrogens with zero attached hydrogens (tertiary/aromatic N) is 2. The van der Waals surface area contributed by atoms with E-state index in [0.717, 1.165) is 23.4 Å². The summed E-state index contributed by atoms with van der Waals surface area (Å²) in [4.78, 5) is 6.19. The first kappa shape index (κ1) is 15.0. The van der Waals surface area contributed by atoms with E-state index in [1.165, 1.54) is 10.4 Å². The topological polar surface area (TPSA) is 6.48 Å². The molecule has 3 rings (SSSR count). The Hall–Kier alpha value is -0.880. The second-order valence-corrected chi connectivity index (χ2v) is 7.76. The molecule has 5 heteroatoms. The summed E-state index contributed by atoms with van der Waals surface area (Å²) >= 11 is 9.16. The van der Waals surface area contributed by atoms with Gasteiger partial charge >= 0.3 is 0 Å². The largest absolute Gasteiger partial charge is 0.338 e. The van der Waals surface area contributed by atoms with Crippen molar-refractivity contribution in [2.24, 2.45) is 0 Å². The van der Waals surface area contributed by atoms with Gasteiger partial charge in [-0.05, 0) is 23.9 Å². The van der Waals surface area contributed by atoms with Crippen molar-refractivity contribution < 1.29 is 0 Å². The zero-order valence-electron chi connectivity index (χ0n) is 11.9. The van der Waals surface area contributed by atoms with Gasteiger partial charge in [-0.15, -0.1) is 11.3 Å². The van der Waals surface area contributed by atoms with Gasteiger partial charge in [0.1, 0.15) is 4.32 Å². The number of thiocarbonyl (C=S) groups is 1. The van der Waals surface area contributed by atoms with Crippen LogP contribution in [-0.4, -0.2) is 26.7 Å². The molecule has 1 aliphatic rings. The van der Waals surface area contributed by atoms with Gasteiger partial charge in [-0.25, -0.2) is 0 Å². The monoisotopic (exact) mass is 334 g/mol. The molecule has 110 valence electrons. The summed E-state index contributed by atoms with van der Waals surface area (Å²) in [5.74, 6) is 0.981. The Kier molecular flexibility index (Phi) is 4.95. The van der Waals surface area contributed by atoms with Gasteiger partial charge < -0.3 is 4.90 Å². The predicted molar refractivity (Wildman–Crippen MR) is 96.5 cm³/mol. The molecule has 1 aromatic heterocycles. The Morgan fingerprint density at radius 3 is 2.71 bits per heavy atom. The van der Waals surface area contributed by atoms with Gasteiger partial charge in [0, 0.05) is 11.4 Å². The molecule has 1 aliphatic heterocycles. The number of hydrogen-bond acceptors (Lipinski definition) is 4. The van der Waals surface area contributed by atoms with Gasteiger partial charge in [0.05, 0.1) is 18.6 Å². The van der Waals surface area contributed by atoms with Crippen molar-refractivity contribution in [1.29, 1.82) is 0 Å². The van der Waals surface area contributed by atoms with Crippen LogP contribution in [0.3, 0.4) is 0 Å². The van der Waals surface area contributed by atoms with Crippen LogP contribution < -0.4 is 0 Å². The van der Waals surface area contributed by atoms with Crippen molar-refractivity contribution in [2.45, 2.75) is 19.5 Å². The minimum Gasteiger partial charge on any atom is -0.338 e. The van der Waals surface area contributed by atoms with E-state index < -0.39 is 0 Å². The Labute approximate surface area is 139 Å². The number of thiophene rings is 1. The van der Waals surface area contributed by atoms with Crippen LogP contribution in [0.2, 0.25) is 0 Å². The van der Waals surface area contributed by atoms with Crippen LogP contribution in [0, 0.1) is 0 Å². The van der Waals surface area contributed by atoms with Crippen molar-refractivity contribution in [3.63, 3.8) is 0 Å². The third-order valence-electron chi connectivity index (χ3n) is 3.67. The lowest BCUT2D eigenvalue weighted by Crippen LogP contribution is -2.45. The lowest BCUT2D eigenvalue weighted by atomic mass is 10.1. The summed E-state index contributed by atoms with van der Waals surface area (Å²) in [5, 5.41) is 2.14. The highest BCUT2D eigenvalue weighted by Gasteiger charge is 2.26. The average molecular weight is 335 g/mol. The zero-order valence-corrected chi connectivity index (χ0v) is 14.4. The predicted octanol–water partition coefficient (Wildman–Crippen LogP) is 4.56. The molecule has 0 N–H and O–H groups in total. The van der Waals surface area contributed by atoms with Gasteiger partial charge in [-0.3, -0.25) is 4.90 Å². The van der Waals surface area contributed by atoms with E-state index >= 15 is 0 Å². The second-order valence-electron chi connectivity index (χ2n) is 5.15. The SMILES string of the molecule is CC(c1ccccc1)N1CN(Cc2cccs2)CSC1=S. The van der Waals surface area contributed by atoms with Crippen LogP contribution >= 0.6 is 35.3 Å². The van der Waals surface area contributed by atoms with Gasteiger partial charge in [-0.2, -0.15) is 0 Å². The lowest BCUT2D eigenvalue weighted by molar-refractivity contribution is 0.177. The van der Waals surface area contributed by atoms with Crippen molar-refractivity contribution in [3.05, 3.63) is 58.3 Å². The molecule has 1 fully saturated rings. The van der Waals surface area contributed by atoms with Gasteiger partial charge in [0.15, 0.2) is 0 Å². The van der Waals surface area contributed by atoms with Crippen LogP contribution in [0.4, 0.5) is 0 Å². The molecule has 1 aromatic carbocycles. The first-order valence-electron chi connectivity index (χ1n) is 6.97. The number of thioether (sulfide) groups is 1. The maximum atomic E-state index is 5.57. The highest BCUT2D eigenvalue weighted by atomic mass is 32.2. The average Bonchev–Trinajstić information content (AvgIpc) is 3.02. The van der Waals surface area contributed by atoms with Crippen molar-refractivity contribution >= 4 is 39.6 Å². The fraction of sp³-hybridized carbons (Fsp3) is 0.312. The minimum absolute atomic E-state index is 0.317. The van der Waals surface area contributed by atoms with E-state index in [1.807, 2.05) is 11.3 Å². The molecular weight excluding hydrogens is 316 g/mol. The van der Waals surface area contributed by atoms with Crippen LogP contribution in [0.25, 0.3) is 0 Å². The summed E-state index contributed by atoms with van der Waals surface area (Å²) in [5.41, 5.74) is 1.32. The van der Waals surface area contributed by atoms with E-state index in [-0.39, 0.29) is 0 Å². The highest BCUT2D eigenvalue weighted by molar-refractivity contribution is 8.22. The fourth-order valence-corrected chi connectivity index (χ4v) is 4.42. The second kappa shape index (κ2) is 6.92. The molecule has 0 spiro atoms. The quantitative estimate of drug-likeness (QED) is 0.756. The number of benzene rings is 1. The normalized spacial score (nSPS) is 18.0. The minimum atomic E-state index is 0.317. The van der Waals surface area contributed by atoms with Gasteiger partial charge in [-0.1, -0.05) is 60.4 Å². The Bertz CT molecular complexity index is 583. The summed E-state index contributed by atoms with van der Waals surface area (Å²) in [6.07, 6.45) is 0. The molecule has 1 unspecified atom stereocenters. The van der Waals surface area contributed by atoms with Crippen LogP contribution in [0.15, 0.2) is 47.8 Å². The Balaban J connectivity index is 1.70. The van der Waals surface area contributed by atoms with Crippen molar-refractivity contribution in [3.8, 4) is 0 Å². The summed E-state index contributed by atoms with van der Waals surface area (Å²) in [6.45, 7) is 4.14. The third kappa shape index (κ3) is 3.66. The molecule has 0 radical (unpaired) electrons. The van der Waals surface area contributed by atoms with E-state index in [2.05, 4.69) is 64.6 Å². The Morgan fingerprint density at radius 1 is 1.19 bits per heavy atom. The summed E-state index contributed by atoms with van der Waals surface area (Å²) in [6, 6.07) is 15.2. The van der Waals surface area contributed by atoms with Gasteiger partial charge in [0.25, 0.3) is 0 Å². The fourth-order valence-electron chi connectivity index (χ4n) is 2.45. The first-order valence-corrected chi connectivity index (χ1v) is 9.24. The van der Waals surface area contributed by atoms with E-state index in [4.69, 9.17) is 12.2 Å². The smallest absolute Gasteiger partial charge is 0.139 e. The van der Waals surface area contributed by atoms with E-state index in [9.17, 15) is 0 Å². The molecule has 0 amide bonds. The molecule has 0 saturated carbocycles. The molecular formula is C16H18N2S3. The van der Waals surface area contributed by atoms with Crippen molar-refractivity contribution in [1.82, 2.24) is 9.80 Å². The molecule has 1 saturated heterocycles. The van der Waals surface area contributed by atoms with Gasteiger partial charge in [0.2, 0.25) is 0 Å². The highest BCUT2D eigenvalue weighted by Crippen LogP contribution is 2.29. The summed E-state index contributed by atoms with van der Waals surface area (Å²) in [7, 11) is 0. The van der Waals surface area contributed by atoms with E-state index in [1.54, 1.807) is 11.8 Å². The van der Waals surface area contributed by atoms with Crippen LogP contribution in [0.1, 0.15) is 23.4 Å². The maximum Gasteiger partial charge on any atom is 0.139 e. The van der Waals surface area contributed by atoms with E-state index in [0.29, 0.717) is 6.04 Å². The Morgan fingerprint density at radius 2 is 2.00 bits per heavy atom.